The third-order valence-electron chi connectivity index (χ3n) is 3.60. The third kappa shape index (κ3) is 14.5. The molecule has 1 amide bonds. The van der Waals surface area contributed by atoms with Gasteiger partial charge in [-0.2, -0.15) is 5.48 Å². The van der Waals surface area contributed by atoms with Gasteiger partial charge < -0.3 is 15.4 Å². The highest BCUT2D eigenvalue weighted by molar-refractivity contribution is 5.97. The fourth-order valence-electron chi connectivity index (χ4n) is 2.72. The molecule has 1 rings (SSSR count). The molecule has 0 saturated carbocycles. The Balaban J connectivity index is 0.00000206. The van der Waals surface area contributed by atoms with E-state index < -0.39 is 11.6 Å². The van der Waals surface area contributed by atoms with Crippen molar-refractivity contribution in [2.24, 2.45) is 11.8 Å². The van der Waals surface area contributed by atoms with E-state index in [2.05, 4.69) is 52.2 Å². The van der Waals surface area contributed by atoms with E-state index in [1.807, 2.05) is 6.07 Å². The van der Waals surface area contributed by atoms with Crippen molar-refractivity contribution in [1.82, 2.24) is 5.32 Å². The number of hydrogen-bond donors (Lipinski definition) is 3. The molecular formula is C24H44N3O4+. The zero-order valence-corrected chi connectivity index (χ0v) is 21.1. The van der Waals surface area contributed by atoms with Crippen LogP contribution in [0, 0.1) is 11.8 Å². The highest BCUT2D eigenvalue weighted by Crippen LogP contribution is 2.21. The molecule has 0 radical (unpaired) electrons. The second-order valence-corrected chi connectivity index (χ2v) is 9.83. The van der Waals surface area contributed by atoms with Crippen molar-refractivity contribution in [3.63, 3.8) is 0 Å². The highest BCUT2D eigenvalue weighted by Gasteiger charge is 2.18. The van der Waals surface area contributed by atoms with E-state index in [1.165, 1.54) is 0 Å². The van der Waals surface area contributed by atoms with Crippen molar-refractivity contribution >= 4 is 23.3 Å². The van der Waals surface area contributed by atoms with Gasteiger partial charge in [-0.1, -0.05) is 34.6 Å². The SMILES string of the molecule is CC(C)C.CO[NH2+]c1cc(C(=O)NCC(=O)OC(C)(C)C)ccc1NC(C)CC(C)C. The van der Waals surface area contributed by atoms with Gasteiger partial charge in [0.2, 0.25) is 0 Å². The first kappa shape index (κ1) is 28.9. The summed E-state index contributed by atoms with van der Waals surface area (Å²) in [6.07, 6.45) is 1.03. The zero-order valence-electron chi connectivity index (χ0n) is 21.1. The molecule has 1 unspecified atom stereocenters. The van der Waals surface area contributed by atoms with Crippen LogP contribution in [0.1, 0.15) is 79.1 Å². The highest BCUT2D eigenvalue weighted by atomic mass is 16.6. The molecule has 0 saturated heterocycles. The van der Waals surface area contributed by atoms with Crippen molar-refractivity contribution in [3.8, 4) is 0 Å². The summed E-state index contributed by atoms with van der Waals surface area (Å²) in [7, 11) is 1.57. The number of anilines is 1. The van der Waals surface area contributed by atoms with Crippen molar-refractivity contribution in [2.75, 3.05) is 19.0 Å². The number of quaternary nitrogens is 1. The Kier molecular flexibility index (Phi) is 13.1. The van der Waals surface area contributed by atoms with E-state index in [1.54, 1.807) is 45.5 Å². The average Bonchev–Trinajstić information content (AvgIpc) is 2.58. The summed E-state index contributed by atoms with van der Waals surface area (Å²) in [6, 6.07) is 5.60. The Morgan fingerprint density at radius 1 is 1.06 bits per heavy atom. The summed E-state index contributed by atoms with van der Waals surface area (Å²) in [5.41, 5.74) is 3.13. The maximum Gasteiger partial charge on any atom is 0.325 e. The summed E-state index contributed by atoms with van der Waals surface area (Å²) in [5, 5.41) is 6.04. The number of esters is 1. The van der Waals surface area contributed by atoms with Crippen LogP contribution in [-0.2, 0) is 14.4 Å². The first-order valence-corrected chi connectivity index (χ1v) is 11.0. The number of hydrogen-bond acceptors (Lipinski definition) is 5. The van der Waals surface area contributed by atoms with Gasteiger partial charge in [-0.3, -0.25) is 9.59 Å². The minimum Gasteiger partial charge on any atom is -0.459 e. The third-order valence-corrected chi connectivity index (χ3v) is 3.60. The van der Waals surface area contributed by atoms with Crippen LogP contribution >= 0.6 is 0 Å². The number of ether oxygens (including phenoxy) is 1. The van der Waals surface area contributed by atoms with Gasteiger partial charge in [-0.05, 0) is 58.1 Å². The normalized spacial score (nSPS) is 12.1. The molecule has 7 nitrogen and oxygen atoms in total. The summed E-state index contributed by atoms with van der Waals surface area (Å²) in [6.45, 7) is 18.2. The lowest BCUT2D eigenvalue weighted by atomic mass is 10.0. The minimum absolute atomic E-state index is 0.176. The van der Waals surface area contributed by atoms with Gasteiger partial charge >= 0.3 is 5.97 Å². The molecule has 0 fully saturated rings. The molecule has 4 N–H and O–H groups in total. The van der Waals surface area contributed by atoms with E-state index in [-0.39, 0.29) is 12.5 Å². The molecule has 0 spiro atoms. The van der Waals surface area contributed by atoms with E-state index in [0.29, 0.717) is 17.5 Å². The molecule has 1 atom stereocenters. The fourth-order valence-corrected chi connectivity index (χ4v) is 2.72. The number of carbonyl (C=O) groups is 2. The molecular weight excluding hydrogens is 394 g/mol. The predicted octanol–water partition coefficient (Wildman–Crippen LogP) is 4.02. The number of amides is 1. The van der Waals surface area contributed by atoms with Gasteiger partial charge in [0.05, 0.1) is 12.8 Å². The molecule has 1 aromatic rings. The summed E-state index contributed by atoms with van der Waals surface area (Å²) in [4.78, 5) is 29.3. The number of nitrogens with two attached hydrogens (primary N) is 1. The Morgan fingerprint density at radius 3 is 2.13 bits per heavy atom. The van der Waals surface area contributed by atoms with Gasteiger partial charge in [0.1, 0.15) is 12.1 Å². The van der Waals surface area contributed by atoms with E-state index in [4.69, 9.17) is 9.57 Å². The fraction of sp³-hybridized carbons (Fsp3) is 0.667. The molecule has 1 aromatic carbocycles. The first-order chi connectivity index (χ1) is 14.2. The molecule has 178 valence electrons. The van der Waals surface area contributed by atoms with Crippen molar-refractivity contribution in [2.45, 2.75) is 80.4 Å². The van der Waals surface area contributed by atoms with Crippen molar-refractivity contribution in [3.05, 3.63) is 23.8 Å². The number of benzene rings is 1. The summed E-state index contributed by atoms with van der Waals surface area (Å²) < 4.78 is 5.19. The van der Waals surface area contributed by atoms with Crippen LogP contribution in [0.25, 0.3) is 0 Å². The van der Waals surface area contributed by atoms with Crippen LogP contribution in [0.4, 0.5) is 11.4 Å². The maximum atomic E-state index is 12.4. The standard InChI is InChI=1S/C20H33N3O4.C4H10/c1-13(2)10-14(3)22-16-9-8-15(11-17(16)23-26-7)19(25)21-12-18(24)27-20(4,5)6;1-4(2)3/h8-9,11,13-14,22-23H,10,12H2,1-7H3,(H,21,25);4H,1-3H3/p+1. The van der Waals surface area contributed by atoms with E-state index >= 15 is 0 Å². The largest absolute Gasteiger partial charge is 0.459 e. The Bertz CT molecular complexity index is 679. The molecule has 0 aliphatic rings. The lowest BCUT2D eigenvalue weighted by molar-refractivity contribution is -0.829. The molecule has 0 heterocycles. The van der Waals surface area contributed by atoms with Crippen molar-refractivity contribution in [1.29, 1.82) is 0 Å². The van der Waals surface area contributed by atoms with Gasteiger partial charge in [0, 0.05) is 17.7 Å². The molecule has 7 heteroatoms. The van der Waals surface area contributed by atoms with Crippen LogP contribution in [-0.4, -0.2) is 37.2 Å². The Morgan fingerprint density at radius 2 is 1.65 bits per heavy atom. The van der Waals surface area contributed by atoms with Crippen LogP contribution in [0.2, 0.25) is 0 Å². The average molecular weight is 439 g/mol. The van der Waals surface area contributed by atoms with E-state index in [0.717, 1.165) is 23.7 Å². The predicted molar refractivity (Wildman–Crippen MR) is 126 cm³/mol. The monoisotopic (exact) mass is 438 g/mol. The van der Waals surface area contributed by atoms with Gasteiger partial charge in [0.15, 0.2) is 5.69 Å². The van der Waals surface area contributed by atoms with Crippen LogP contribution < -0.4 is 16.1 Å². The number of nitrogens with one attached hydrogen (secondary N) is 2. The second-order valence-electron chi connectivity index (χ2n) is 9.83. The summed E-state index contributed by atoms with van der Waals surface area (Å²) >= 11 is 0. The second kappa shape index (κ2) is 14.0. The zero-order chi connectivity index (χ0) is 24.2. The van der Waals surface area contributed by atoms with Crippen LogP contribution in [0.15, 0.2) is 18.2 Å². The molecule has 0 aromatic heterocycles. The number of rotatable bonds is 9. The maximum absolute atomic E-state index is 12.4. The Labute approximate surface area is 188 Å². The topological polar surface area (TPSA) is 93.3 Å². The first-order valence-electron chi connectivity index (χ1n) is 11.0. The molecule has 0 aliphatic heterocycles. The lowest BCUT2D eigenvalue weighted by Gasteiger charge is -2.20. The lowest BCUT2D eigenvalue weighted by Crippen LogP contribution is -2.76. The molecule has 31 heavy (non-hydrogen) atoms. The van der Waals surface area contributed by atoms with E-state index in [9.17, 15) is 9.59 Å². The summed E-state index contributed by atoms with van der Waals surface area (Å²) in [5.74, 6) is 0.606. The quantitative estimate of drug-likeness (QED) is 0.308. The van der Waals surface area contributed by atoms with Crippen LogP contribution in [0.3, 0.4) is 0 Å². The van der Waals surface area contributed by atoms with Gasteiger partial charge in [-0.15, -0.1) is 0 Å². The minimum atomic E-state index is -0.581. The Hall–Kier alpha value is -2.12. The van der Waals surface area contributed by atoms with Gasteiger partial charge in [0.25, 0.3) is 5.91 Å². The molecule has 0 aliphatic carbocycles. The van der Waals surface area contributed by atoms with Crippen LogP contribution in [0.5, 0.6) is 0 Å². The van der Waals surface area contributed by atoms with Crippen molar-refractivity contribution < 1.29 is 24.6 Å². The van der Waals surface area contributed by atoms with Gasteiger partial charge in [-0.25, -0.2) is 4.84 Å². The number of carbonyl (C=O) groups excluding carboxylic acids is 2. The smallest absolute Gasteiger partial charge is 0.325 e. The molecule has 0 bridgehead atoms.